The molecule has 1 aliphatic heterocycles. The van der Waals surface area contributed by atoms with Gasteiger partial charge in [-0.2, -0.15) is 0 Å². The van der Waals surface area contributed by atoms with Crippen LogP contribution in [0.2, 0.25) is 0 Å². The monoisotopic (exact) mass is 470 g/mol. The standard InChI is InChI=1S/C23H26N4O3S2/c1-16-7-9-19(10-8-16)22-25-26-23(31-22)24-21(28)18-11-13-27(14-12-18)32(29,30)15-20-6-4-3-5-17(20)2/h3-10,18H,11-15H2,1-2H3,(H,24,26,28). The van der Waals surface area contributed by atoms with Crippen molar-refractivity contribution in [3.63, 3.8) is 0 Å². The molecular weight excluding hydrogens is 444 g/mol. The van der Waals surface area contributed by atoms with E-state index < -0.39 is 10.0 Å². The number of hydrogen-bond donors (Lipinski definition) is 1. The Morgan fingerprint density at radius 2 is 1.75 bits per heavy atom. The number of sulfonamides is 1. The first-order valence-corrected chi connectivity index (χ1v) is 13.0. The van der Waals surface area contributed by atoms with Gasteiger partial charge in [-0.25, -0.2) is 12.7 Å². The summed E-state index contributed by atoms with van der Waals surface area (Å²) in [6.45, 7) is 4.63. The Labute approximate surface area is 192 Å². The summed E-state index contributed by atoms with van der Waals surface area (Å²) in [5.74, 6) is -0.387. The SMILES string of the molecule is Cc1ccc(-c2nnc(NC(=O)C3CCN(S(=O)(=O)Cc4ccccc4C)CC3)s2)cc1. The molecule has 1 N–H and O–H groups in total. The number of benzene rings is 2. The van der Waals surface area contributed by atoms with E-state index in [1.54, 1.807) is 0 Å². The van der Waals surface area contributed by atoms with Crippen LogP contribution in [0.3, 0.4) is 0 Å². The summed E-state index contributed by atoms with van der Waals surface area (Å²) in [6.07, 6.45) is 0.977. The Hall–Kier alpha value is -2.62. The van der Waals surface area contributed by atoms with Crippen LogP contribution in [0.15, 0.2) is 48.5 Å². The minimum Gasteiger partial charge on any atom is -0.300 e. The Balaban J connectivity index is 1.33. The third kappa shape index (κ3) is 5.23. The molecule has 0 atom stereocenters. The number of aromatic nitrogens is 2. The van der Waals surface area contributed by atoms with Gasteiger partial charge in [0.05, 0.1) is 5.75 Å². The number of anilines is 1. The Morgan fingerprint density at radius 1 is 1.06 bits per heavy atom. The van der Waals surface area contributed by atoms with E-state index in [0.717, 1.165) is 21.7 Å². The van der Waals surface area contributed by atoms with Crippen LogP contribution in [-0.4, -0.2) is 41.9 Å². The fourth-order valence-electron chi connectivity index (χ4n) is 3.75. The summed E-state index contributed by atoms with van der Waals surface area (Å²) in [7, 11) is -3.42. The lowest BCUT2D eigenvalue weighted by Gasteiger charge is -2.30. The van der Waals surface area contributed by atoms with E-state index in [0.29, 0.717) is 31.1 Å². The fraction of sp³-hybridized carbons (Fsp3) is 0.348. The second-order valence-electron chi connectivity index (χ2n) is 8.12. The number of amides is 1. The average Bonchev–Trinajstić information content (AvgIpc) is 3.24. The third-order valence-corrected chi connectivity index (χ3v) is 8.49. The van der Waals surface area contributed by atoms with Crippen molar-refractivity contribution in [3.05, 3.63) is 65.2 Å². The van der Waals surface area contributed by atoms with Gasteiger partial charge in [0.15, 0.2) is 0 Å². The smallest absolute Gasteiger partial charge is 0.229 e. The molecular formula is C23H26N4O3S2. The molecule has 0 aliphatic carbocycles. The summed E-state index contributed by atoms with van der Waals surface area (Å²) in [4.78, 5) is 12.7. The zero-order valence-corrected chi connectivity index (χ0v) is 19.7. The minimum atomic E-state index is -3.42. The van der Waals surface area contributed by atoms with Crippen LogP contribution in [0.25, 0.3) is 10.6 Å². The van der Waals surface area contributed by atoms with Crippen LogP contribution >= 0.6 is 11.3 Å². The summed E-state index contributed by atoms with van der Waals surface area (Å²) >= 11 is 1.33. The van der Waals surface area contributed by atoms with Crippen LogP contribution in [0.1, 0.15) is 29.5 Å². The average molecular weight is 471 g/mol. The van der Waals surface area contributed by atoms with E-state index in [1.807, 2.05) is 62.4 Å². The maximum absolute atomic E-state index is 12.8. The number of nitrogens with zero attached hydrogens (tertiary/aromatic N) is 3. The molecule has 0 unspecified atom stereocenters. The van der Waals surface area contributed by atoms with Crippen molar-refractivity contribution in [1.29, 1.82) is 0 Å². The molecule has 0 spiro atoms. The predicted molar refractivity (Wildman–Crippen MR) is 127 cm³/mol. The number of carbonyl (C=O) groups excluding carboxylic acids is 1. The fourth-order valence-corrected chi connectivity index (χ4v) is 6.17. The van der Waals surface area contributed by atoms with E-state index in [1.165, 1.54) is 21.2 Å². The number of rotatable bonds is 6. The van der Waals surface area contributed by atoms with Gasteiger partial charge < -0.3 is 5.32 Å². The second kappa shape index (κ2) is 9.48. The Kier molecular flexibility index (Phi) is 6.68. The van der Waals surface area contributed by atoms with Gasteiger partial charge in [-0.15, -0.1) is 10.2 Å². The van der Waals surface area contributed by atoms with Crippen molar-refractivity contribution in [2.75, 3.05) is 18.4 Å². The number of piperidine rings is 1. The van der Waals surface area contributed by atoms with Gasteiger partial charge in [-0.05, 0) is 37.8 Å². The number of hydrogen-bond acceptors (Lipinski definition) is 6. The van der Waals surface area contributed by atoms with Crippen molar-refractivity contribution >= 4 is 32.4 Å². The van der Waals surface area contributed by atoms with Gasteiger partial charge in [0.25, 0.3) is 0 Å². The summed E-state index contributed by atoms with van der Waals surface area (Å²) < 4.78 is 27.2. The Morgan fingerprint density at radius 3 is 2.44 bits per heavy atom. The lowest BCUT2D eigenvalue weighted by molar-refractivity contribution is -0.120. The van der Waals surface area contributed by atoms with E-state index >= 15 is 0 Å². The zero-order chi connectivity index (χ0) is 22.7. The highest BCUT2D eigenvalue weighted by Gasteiger charge is 2.31. The lowest BCUT2D eigenvalue weighted by Crippen LogP contribution is -2.41. The molecule has 32 heavy (non-hydrogen) atoms. The highest BCUT2D eigenvalue weighted by Crippen LogP contribution is 2.28. The molecule has 4 rings (SSSR count). The van der Waals surface area contributed by atoms with E-state index in [4.69, 9.17) is 0 Å². The Bertz CT molecular complexity index is 1200. The minimum absolute atomic E-state index is 0.0108. The highest BCUT2D eigenvalue weighted by atomic mass is 32.2. The molecule has 0 bridgehead atoms. The summed E-state index contributed by atoms with van der Waals surface area (Å²) in [5, 5.41) is 12.3. The van der Waals surface area contributed by atoms with Crippen LogP contribution in [-0.2, 0) is 20.6 Å². The topological polar surface area (TPSA) is 92.3 Å². The van der Waals surface area contributed by atoms with Gasteiger partial charge in [-0.1, -0.05) is 65.4 Å². The maximum Gasteiger partial charge on any atom is 0.229 e. The molecule has 1 fully saturated rings. The van der Waals surface area contributed by atoms with Gasteiger partial charge in [-0.3, -0.25) is 4.79 Å². The normalized spacial score (nSPS) is 15.6. The molecule has 2 aromatic carbocycles. The van der Waals surface area contributed by atoms with Crippen LogP contribution in [0.4, 0.5) is 5.13 Å². The molecule has 0 saturated carbocycles. The van der Waals surface area contributed by atoms with Crippen molar-refractivity contribution < 1.29 is 13.2 Å². The lowest BCUT2D eigenvalue weighted by atomic mass is 9.97. The first-order chi connectivity index (χ1) is 15.3. The first-order valence-electron chi connectivity index (χ1n) is 10.6. The van der Waals surface area contributed by atoms with Crippen molar-refractivity contribution in [2.24, 2.45) is 5.92 Å². The molecule has 1 aliphatic rings. The van der Waals surface area contributed by atoms with Crippen molar-refractivity contribution in [3.8, 4) is 10.6 Å². The number of aryl methyl sites for hydroxylation is 2. The molecule has 7 nitrogen and oxygen atoms in total. The summed E-state index contributed by atoms with van der Waals surface area (Å²) in [6, 6.07) is 15.5. The van der Waals surface area contributed by atoms with E-state index in [9.17, 15) is 13.2 Å². The van der Waals surface area contributed by atoms with E-state index in [-0.39, 0.29) is 17.6 Å². The van der Waals surface area contributed by atoms with Gasteiger partial charge in [0, 0.05) is 24.6 Å². The molecule has 9 heteroatoms. The zero-order valence-electron chi connectivity index (χ0n) is 18.1. The molecule has 2 heterocycles. The van der Waals surface area contributed by atoms with Crippen LogP contribution in [0.5, 0.6) is 0 Å². The van der Waals surface area contributed by atoms with Gasteiger partial charge >= 0.3 is 0 Å². The largest absolute Gasteiger partial charge is 0.300 e. The predicted octanol–water partition coefficient (Wildman–Crippen LogP) is 4.00. The maximum atomic E-state index is 12.8. The van der Waals surface area contributed by atoms with Gasteiger partial charge in [0.2, 0.25) is 21.1 Å². The second-order valence-corrected chi connectivity index (χ2v) is 11.1. The molecule has 1 saturated heterocycles. The third-order valence-electron chi connectivity index (χ3n) is 5.77. The summed E-state index contributed by atoms with van der Waals surface area (Å²) in [5.41, 5.74) is 3.90. The molecule has 168 valence electrons. The highest BCUT2D eigenvalue weighted by molar-refractivity contribution is 7.88. The molecule has 3 aromatic rings. The van der Waals surface area contributed by atoms with Gasteiger partial charge in [0.1, 0.15) is 5.01 Å². The quantitative estimate of drug-likeness (QED) is 0.588. The molecule has 1 amide bonds. The van der Waals surface area contributed by atoms with Crippen LogP contribution < -0.4 is 5.32 Å². The van der Waals surface area contributed by atoms with Crippen molar-refractivity contribution in [2.45, 2.75) is 32.4 Å². The number of nitrogens with one attached hydrogen (secondary N) is 1. The first kappa shape index (κ1) is 22.6. The van der Waals surface area contributed by atoms with E-state index in [2.05, 4.69) is 15.5 Å². The van der Waals surface area contributed by atoms with Crippen molar-refractivity contribution in [1.82, 2.24) is 14.5 Å². The number of carbonyl (C=O) groups is 1. The molecule has 0 radical (unpaired) electrons. The molecule has 1 aromatic heterocycles. The van der Waals surface area contributed by atoms with Crippen LogP contribution in [0, 0.1) is 19.8 Å².